The van der Waals surface area contributed by atoms with E-state index in [0.717, 1.165) is 17.7 Å². The highest BCUT2D eigenvalue weighted by Crippen LogP contribution is 2.38. The zero-order valence-electron chi connectivity index (χ0n) is 43.8. The van der Waals surface area contributed by atoms with Crippen LogP contribution < -0.4 is 15.8 Å². The summed E-state index contributed by atoms with van der Waals surface area (Å²) in [5.41, 5.74) is 8.92. The van der Waals surface area contributed by atoms with Gasteiger partial charge >= 0.3 is 5.97 Å². The Bertz CT molecular complexity index is 2050. The average molecular weight is 992 g/mol. The van der Waals surface area contributed by atoms with Crippen molar-refractivity contribution in [2.75, 3.05) is 33.2 Å². The number of rotatable bonds is 8. The summed E-state index contributed by atoms with van der Waals surface area (Å²) < 4.78 is 29.5. The normalized spacial score (nSPS) is 37.8. The molecule has 2 bridgehead atoms. The Morgan fingerprint density at radius 3 is 2.37 bits per heavy atom. The number of fused-ring (bicyclic) bond motifs is 3. The van der Waals surface area contributed by atoms with Crippen molar-refractivity contribution in [1.82, 2.24) is 4.90 Å². The Morgan fingerprint density at radius 2 is 1.65 bits per heavy atom. The second-order valence-electron chi connectivity index (χ2n) is 21.1. The van der Waals surface area contributed by atoms with E-state index in [1.807, 2.05) is 82.3 Å². The molecule has 15 nitrogen and oxygen atoms in total. The molecule has 3 fully saturated rings. The number of Topliss-reactive ketones (excluding diaryl/α,β-unsaturated/α-hetero) is 2. The number of carbonyl (C=O) groups is 4. The van der Waals surface area contributed by atoms with E-state index in [1.165, 1.54) is 12.0 Å². The van der Waals surface area contributed by atoms with Gasteiger partial charge in [0.1, 0.15) is 30.1 Å². The number of aliphatic hydroxyl groups excluding tert-OH is 2. The molecule has 6 N–H and O–H groups in total. The number of carbonyl (C=O) groups excluding carboxylic acids is 4. The maximum atomic E-state index is 14.5. The smallest absolute Gasteiger partial charge is 0.329 e. The minimum Gasteiger partial charge on any atom is -0.497 e. The van der Waals surface area contributed by atoms with E-state index in [0.29, 0.717) is 82.0 Å². The number of ether oxygens (including phenoxy) is 5. The van der Waals surface area contributed by atoms with Gasteiger partial charge in [0, 0.05) is 56.4 Å². The van der Waals surface area contributed by atoms with Gasteiger partial charge < -0.3 is 55.0 Å². The number of hydrogen-bond donors (Lipinski definition) is 5. The van der Waals surface area contributed by atoms with Crippen LogP contribution in [0.15, 0.2) is 71.9 Å². The van der Waals surface area contributed by atoms with Crippen LogP contribution in [0.1, 0.15) is 125 Å². The molecule has 1 amide bonds. The van der Waals surface area contributed by atoms with Crippen LogP contribution in [0.2, 0.25) is 0 Å². The number of piperidine rings is 1. The summed E-state index contributed by atoms with van der Waals surface area (Å²) in [6.07, 6.45) is 13.7. The molecule has 1 aromatic carbocycles. The third-order valence-corrected chi connectivity index (χ3v) is 15.5. The predicted octanol–water partition coefficient (Wildman–Crippen LogP) is 7.17. The topological polar surface area (TPSA) is 216 Å². The van der Waals surface area contributed by atoms with Gasteiger partial charge in [-0.15, -0.1) is 0 Å². The zero-order chi connectivity index (χ0) is 52.0. The molecule has 1 aliphatic carbocycles. The largest absolute Gasteiger partial charge is 0.497 e. The van der Waals surface area contributed by atoms with Gasteiger partial charge in [0.2, 0.25) is 5.79 Å². The van der Waals surface area contributed by atoms with Crippen LogP contribution in [0.5, 0.6) is 5.75 Å². The van der Waals surface area contributed by atoms with Crippen molar-refractivity contribution in [1.29, 1.82) is 0 Å². The number of anilines is 1. The number of aliphatic hydroxyl groups is 3. The van der Waals surface area contributed by atoms with Crippen LogP contribution >= 0.6 is 0 Å². The van der Waals surface area contributed by atoms with Crippen molar-refractivity contribution >= 4 is 29.1 Å². The predicted molar refractivity (Wildman–Crippen MR) is 273 cm³/mol. The van der Waals surface area contributed by atoms with Gasteiger partial charge in [0.25, 0.3) is 11.7 Å². The van der Waals surface area contributed by atoms with Crippen molar-refractivity contribution < 1.29 is 58.2 Å². The molecule has 4 aliphatic rings. The molecule has 71 heavy (non-hydrogen) atoms. The minimum atomic E-state index is -2.43. The zero-order valence-corrected chi connectivity index (χ0v) is 43.8. The summed E-state index contributed by atoms with van der Waals surface area (Å²) in [4.78, 5) is 58.5. The first-order chi connectivity index (χ1) is 33.8. The molecular weight excluding hydrogens is 907 g/mol. The molecule has 1 saturated carbocycles. The summed E-state index contributed by atoms with van der Waals surface area (Å²) in [6.45, 7) is 11.4. The Balaban J connectivity index is 1.48. The first kappa shape index (κ1) is 57.7. The van der Waals surface area contributed by atoms with Crippen molar-refractivity contribution in [2.24, 2.45) is 35.3 Å². The number of benzene rings is 1. The number of hydrogen-bond acceptors (Lipinski definition) is 14. The van der Waals surface area contributed by atoms with Gasteiger partial charge in [-0.1, -0.05) is 75.8 Å². The van der Waals surface area contributed by atoms with Crippen LogP contribution in [0.3, 0.4) is 0 Å². The summed E-state index contributed by atoms with van der Waals surface area (Å²) in [7, 11) is 4.61. The fraction of sp³-hybridized carbons (Fsp3) is 0.679. The average Bonchev–Trinajstić information content (AvgIpc) is 3.35. The Hall–Kier alpha value is -4.22. The molecule has 8 unspecified atom stereocenters. The number of esters is 1. The highest BCUT2D eigenvalue weighted by Gasteiger charge is 2.53. The SMILES string of the molecule is COc1cccc(N[C@H]2CC3CCC(C)C(O)(O3)C(=O)C(=O)N3CCCCC3C(=O)O[C@H]([C@H](C)CC3CC[C@@H](O)C(OC)C3)CC[C@H](N)/C=C(\C)C(O)[C@@H](OC)C(=O)C(C)C[C@H](C)/C=C/C=C/C=C/2C)c1. The highest BCUT2D eigenvalue weighted by molar-refractivity contribution is 6.39. The van der Waals surface area contributed by atoms with E-state index in [9.17, 15) is 34.5 Å². The number of amides is 1. The molecule has 5 rings (SSSR count). The first-order valence-corrected chi connectivity index (χ1v) is 26.1. The van der Waals surface area contributed by atoms with Gasteiger partial charge in [0.05, 0.1) is 25.4 Å². The van der Waals surface area contributed by atoms with E-state index < -0.39 is 77.9 Å². The number of allylic oxidation sites excluding steroid dienone is 5. The molecule has 1 aromatic rings. The monoisotopic (exact) mass is 992 g/mol. The fourth-order valence-corrected chi connectivity index (χ4v) is 11.0. The lowest BCUT2D eigenvalue weighted by atomic mass is 9.78. The maximum Gasteiger partial charge on any atom is 0.329 e. The first-order valence-electron chi connectivity index (χ1n) is 26.1. The van der Waals surface area contributed by atoms with E-state index in [1.54, 1.807) is 34.1 Å². The van der Waals surface area contributed by atoms with Crippen LogP contribution in [-0.2, 0) is 38.1 Å². The lowest BCUT2D eigenvalue weighted by Gasteiger charge is -2.43. The molecule has 2 saturated heterocycles. The summed E-state index contributed by atoms with van der Waals surface area (Å²) in [5, 5.41) is 37.8. The minimum absolute atomic E-state index is 0.0254. The number of nitrogens with two attached hydrogens (primary N) is 1. The number of methoxy groups -OCH3 is 3. The molecule has 3 heterocycles. The van der Waals surface area contributed by atoms with Gasteiger partial charge in [-0.3, -0.25) is 14.4 Å². The number of nitrogens with one attached hydrogen (secondary N) is 1. The molecule has 3 aliphatic heterocycles. The summed E-state index contributed by atoms with van der Waals surface area (Å²) in [5.74, 6) is -5.78. The van der Waals surface area contributed by atoms with E-state index >= 15 is 0 Å². The van der Waals surface area contributed by atoms with Gasteiger partial charge in [0.15, 0.2) is 5.78 Å². The highest BCUT2D eigenvalue weighted by atomic mass is 16.6. The summed E-state index contributed by atoms with van der Waals surface area (Å²) in [6, 6.07) is 5.56. The standard InChI is InChI=1S/C56H85N3O12/c1-34-16-11-10-12-17-35(2)45(58-42-18-15-19-43(32-42)67-7)33-44-24-21-39(6)56(66,71-44)53(63)54(64)59-27-14-13-20-46(59)55(65)70-48(36(3)29-40-22-25-47(60)49(31-40)68-8)26-23-41(57)30-38(5)51(62)52(69-9)50(61)37(4)28-34/h10-12,15-19,30,32,34,36-37,39-41,44-49,51-52,58,60,62,66H,13-14,20-29,31,33,57H2,1-9H3/b12-10+,16-11+,35-17+,38-30+/t34-,36-,37?,39?,40?,41+,44?,45+,46?,47-,48+,49?,51?,52+,56?/m1/s1. The van der Waals surface area contributed by atoms with Crippen molar-refractivity contribution in [3.63, 3.8) is 0 Å². The van der Waals surface area contributed by atoms with Crippen LogP contribution in [0, 0.1) is 29.6 Å². The quantitative estimate of drug-likeness (QED) is 0.0993. The Labute approximate surface area is 422 Å². The Kier molecular flexibility index (Phi) is 22.1. The number of cyclic esters (lactones) is 1. The van der Waals surface area contributed by atoms with E-state index in [4.69, 9.17) is 29.4 Å². The second-order valence-corrected chi connectivity index (χ2v) is 21.1. The molecule has 15 atom stereocenters. The maximum absolute atomic E-state index is 14.5. The Morgan fingerprint density at radius 1 is 0.887 bits per heavy atom. The molecular formula is C56H85N3O12. The lowest BCUT2D eigenvalue weighted by molar-refractivity contribution is -0.263. The third-order valence-electron chi connectivity index (χ3n) is 15.5. The lowest BCUT2D eigenvalue weighted by Crippen LogP contribution is -2.61. The fourth-order valence-electron chi connectivity index (χ4n) is 11.0. The van der Waals surface area contributed by atoms with Gasteiger partial charge in [-0.05, 0) is 133 Å². The van der Waals surface area contributed by atoms with Crippen molar-refractivity contribution in [2.45, 2.75) is 186 Å². The number of nitrogens with zero attached hydrogens (tertiary/aromatic N) is 1. The molecule has 15 heteroatoms. The summed E-state index contributed by atoms with van der Waals surface area (Å²) >= 11 is 0. The third kappa shape index (κ3) is 15.6. The van der Waals surface area contributed by atoms with Gasteiger partial charge in [-0.2, -0.15) is 0 Å². The van der Waals surface area contributed by atoms with E-state index in [2.05, 4.69) is 5.32 Å². The van der Waals surface area contributed by atoms with Crippen LogP contribution in [0.4, 0.5) is 5.69 Å². The van der Waals surface area contributed by atoms with E-state index in [-0.39, 0.29) is 48.6 Å². The molecule has 396 valence electrons. The van der Waals surface area contributed by atoms with Crippen LogP contribution in [-0.4, -0.2) is 132 Å². The number of ketones is 2. The van der Waals surface area contributed by atoms with Crippen molar-refractivity contribution in [3.8, 4) is 5.75 Å². The second kappa shape index (κ2) is 27.2. The van der Waals surface area contributed by atoms with Gasteiger partial charge in [-0.25, -0.2) is 4.79 Å². The van der Waals surface area contributed by atoms with Crippen LogP contribution in [0.25, 0.3) is 0 Å². The molecule has 0 spiro atoms. The molecule has 0 radical (unpaired) electrons. The molecule has 0 aromatic heterocycles. The van der Waals surface area contributed by atoms with Crippen molar-refractivity contribution in [3.05, 3.63) is 71.9 Å².